The van der Waals surface area contributed by atoms with Gasteiger partial charge in [0, 0.05) is 32.4 Å². The molecular weight excluding hydrogens is 470 g/mol. The van der Waals surface area contributed by atoms with E-state index in [1.165, 1.54) is 6.07 Å². The minimum atomic E-state index is -0.407. The van der Waals surface area contributed by atoms with E-state index in [2.05, 4.69) is 25.9 Å². The number of benzene rings is 1. The number of nitrogens with zero attached hydrogens (tertiary/aromatic N) is 3. The molecule has 7 nitrogen and oxygen atoms in total. The molecular formula is C19H22Cl4N6O. The van der Waals surface area contributed by atoms with Crippen LogP contribution < -0.4 is 20.9 Å². The van der Waals surface area contributed by atoms with Crippen LogP contribution in [0.25, 0.3) is 0 Å². The average Bonchev–Trinajstić information content (AvgIpc) is 2.71. The van der Waals surface area contributed by atoms with Crippen molar-refractivity contribution in [2.45, 2.75) is 37.8 Å². The molecule has 3 N–H and O–H groups in total. The fourth-order valence-corrected chi connectivity index (χ4v) is 4.15. The lowest BCUT2D eigenvalue weighted by Crippen LogP contribution is -2.42. The van der Waals surface area contributed by atoms with Gasteiger partial charge in [-0.2, -0.15) is 4.98 Å². The Morgan fingerprint density at radius 3 is 2.23 bits per heavy atom. The molecule has 1 fully saturated rings. The molecule has 0 saturated heterocycles. The molecule has 0 atom stereocenters. The van der Waals surface area contributed by atoms with Crippen molar-refractivity contribution in [2.24, 2.45) is 0 Å². The highest BCUT2D eigenvalue weighted by Crippen LogP contribution is 2.41. The summed E-state index contributed by atoms with van der Waals surface area (Å²) in [5.74, 6) is 1.45. The second-order valence-corrected chi connectivity index (χ2v) is 8.84. The lowest BCUT2D eigenvalue weighted by molar-refractivity contribution is 0.243. The van der Waals surface area contributed by atoms with Gasteiger partial charge < -0.3 is 20.9 Å². The quantitative estimate of drug-likeness (QED) is 0.467. The summed E-state index contributed by atoms with van der Waals surface area (Å²) >= 11 is 24.3. The van der Waals surface area contributed by atoms with Crippen molar-refractivity contribution in [3.05, 3.63) is 38.4 Å². The van der Waals surface area contributed by atoms with Crippen LogP contribution in [-0.4, -0.2) is 42.2 Å². The number of nitrogens with one attached hydrogen (secondary N) is 3. The molecule has 1 aliphatic rings. The number of anilines is 3. The number of hydrogen-bond donors (Lipinski definition) is 3. The van der Waals surface area contributed by atoms with Gasteiger partial charge in [0.05, 0.1) is 25.8 Å². The third-order valence-corrected chi connectivity index (χ3v) is 6.42. The van der Waals surface area contributed by atoms with Gasteiger partial charge in [0.15, 0.2) is 0 Å². The Labute approximate surface area is 195 Å². The van der Waals surface area contributed by atoms with Gasteiger partial charge in [-0.15, -0.1) is 0 Å². The lowest BCUT2D eigenvalue weighted by Gasteiger charge is -2.30. The van der Waals surface area contributed by atoms with E-state index in [4.69, 9.17) is 46.4 Å². The van der Waals surface area contributed by atoms with E-state index in [0.29, 0.717) is 5.95 Å². The Bertz CT molecular complexity index is 892. The first-order valence-corrected chi connectivity index (χ1v) is 10.9. The second kappa shape index (κ2) is 10.1. The van der Waals surface area contributed by atoms with Crippen LogP contribution >= 0.6 is 46.4 Å². The van der Waals surface area contributed by atoms with Crippen molar-refractivity contribution in [1.82, 2.24) is 15.3 Å². The number of carbonyl (C=O) groups is 1. The first-order valence-electron chi connectivity index (χ1n) is 9.42. The first kappa shape index (κ1) is 23.0. The predicted octanol–water partition coefficient (Wildman–Crippen LogP) is 5.70. The van der Waals surface area contributed by atoms with Crippen LogP contribution in [0.2, 0.25) is 20.1 Å². The van der Waals surface area contributed by atoms with Gasteiger partial charge in [0.2, 0.25) is 5.95 Å². The van der Waals surface area contributed by atoms with Gasteiger partial charge in [-0.25, -0.2) is 9.78 Å². The highest BCUT2D eigenvalue weighted by molar-refractivity contribution is 6.50. The molecule has 11 heteroatoms. The maximum absolute atomic E-state index is 12.4. The largest absolute Gasteiger partial charge is 0.363 e. The van der Waals surface area contributed by atoms with Gasteiger partial charge in [0.25, 0.3) is 0 Å². The molecule has 162 valence electrons. The summed E-state index contributed by atoms with van der Waals surface area (Å²) in [5.41, 5.74) is 0.196. The minimum absolute atomic E-state index is 0.0317. The maximum atomic E-state index is 12.4. The van der Waals surface area contributed by atoms with Crippen LogP contribution in [0.1, 0.15) is 25.7 Å². The fourth-order valence-electron chi connectivity index (χ4n) is 3.25. The van der Waals surface area contributed by atoms with Crippen molar-refractivity contribution >= 4 is 69.9 Å². The Morgan fingerprint density at radius 2 is 1.63 bits per heavy atom. The Morgan fingerprint density at radius 1 is 1.03 bits per heavy atom. The average molecular weight is 492 g/mol. The summed E-state index contributed by atoms with van der Waals surface area (Å²) < 4.78 is 0. The van der Waals surface area contributed by atoms with Gasteiger partial charge in [-0.05, 0) is 37.8 Å². The van der Waals surface area contributed by atoms with Crippen molar-refractivity contribution in [2.75, 3.05) is 29.6 Å². The first-order chi connectivity index (χ1) is 14.2. The van der Waals surface area contributed by atoms with Gasteiger partial charge in [-0.1, -0.05) is 46.4 Å². The zero-order chi connectivity index (χ0) is 21.8. The number of hydrogen-bond acceptors (Lipinski definition) is 5. The van der Waals surface area contributed by atoms with Crippen LogP contribution in [0.15, 0.2) is 18.3 Å². The van der Waals surface area contributed by atoms with Crippen molar-refractivity contribution in [3.8, 4) is 0 Å². The van der Waals surface area contributed by atoms with Crippen molar-refractivity contribution in [3.63, 3.8) is 0 Å². The Balaban J connectivity index is 1.51. The van der Waals surface area contributed by atoms with E-state index in [1.807, 2.05) is 25.1 Å². The molecule has 30 heavy (non-hydrogen) atoms. The standard InChI is InChI=1S/C19H22Cl4N6O/c1-29(2)14-7-8-24-18(27-14)25-10-3-5-11(6-4-10)26-19(30)28-17-15(22)12(20)9-13(21)16(17)23/h7-11H,3-6H2,1-2H3,(H,24,25,27)(H2,26,28,30). The number of rotatable bonds is 5. The third kappa shape index (κ3) is 5.72. The van der Waals surface area contributed by atoms with E-state index in [9.17, 15) is 4.79 Å². The van der Waals surface area contributed by atoms with Crippen LogP contribution in [0, 0.1) is 0 Å². The van der Waals surface area contributed by atoms with Crippen LogP contribution in [0.4, 0.5) is 22.2 Å². The highest BCUT2D eigenvalue weighted by Gasteiger charge is 2.24. The summed E-state index contributed by atoms with van der Waals surface area (Å²) in [5, 5.41) is 9.70. The minimum Gasteiger partial charge on any atom is -0.363 e. The maximum Gasteiger partial charge on any atom is 0.319 e. The third-order valence-electron chi connectivity index (χ3n) is 4.85. The molecule has 0 unspecified atom stereocenters. The molecule has 0 aliphatic heterocycles. The van der Waals surface area contributed by atoms with E-state index in [0.717, 1.165) is 31.5 Å². The normalized spacial score (nSPS) is 18.6. The van der Waals surface area contributed by atoms with E-state index >= 15 is 0 Å². The zero-order valence-electron chi connectivity index (χ0n) is 16.5. The lowest BCUT2D eigenvalue weighted by atomic mass is 9.91. The van der Waals surface area contributed by atoms with Crippen molar-refractivity contribution in [1.29, 1.82) is 0 Å². The van der Waals surface area contributed by atoms with Gasteiger partial charge in [0.1, 0.15) is 5.82 Å². The molecule has 1 aromatic heterocycles. The van der Waals surface area contributed by atoms with Gasteiger partial charge >= 0.3 is 6.03 Å². The number of aromatic nitrogens is 2. The molecule has 0 bridgehead atoms. The Kier molecular flexibility index (Phi) is 7.74. The smallest absolute Gasteiger partial charge is 0.319 e. The number of carbonyl (C=O) groups excluding carboxylic acids is 1. The summed E-state index contributed by atoms with van der Waals surface area (Å²) in [4.78, 5) is 23.1. The van der Waals surface area contributed by atoms with Crippen LogP contribution in [0.3, 0.4) is 0 Å². The van der Waals surface area contributed by atoms with E-state index in [1.54, 1.807) is 6.20 Å². The summed E-state index contributed by atoms with van der Waals surface area (Å²) in [7, 11) is 3.87. The number of halogens is 4. The summed E-state index contributed by atoms with van der Waals surface area (Å²) in [6.45, 7) is 0. The zero-order valence-corrected chi connectivity index (χ0v) is 19.5. The van der Waals surface area contributed by atoms with Crippen LogP contribution in [0.5, 0.6) is 0 Å². The molecule has 3 rings (SSSR count). The Hall–Kier alpha value is -1.67. The predicted molar refractivity (Wildman–Crippen MR) is 125 cm³/mol. The van der Waals surface area contributed by atoms with Crippen LogP contribution in [-0.2, 0) is 0 Å². The molecule has 1 aromatic carbocycles. The number of urea groups is 1. The molecule has 1 aliphatic carbocycles. The molecule has 0 spiro atoms. The fraction of sp³-hybridized carbons (Fsp3) is 0.421. The molecule has 1 saturated carbocycles. The SMILES string of the molecule is CN(C)c1ccnc(NC2CCC(NC(=O)Nc3c(Cl)c(Cl)cc(Cl)c3Cl)CC2)n1. The highest BCUT2D eigenvalue weighted by atomic mass is 35.5. The monoisotopic (exact) mass is 490 g/mol. The number of amides is 2. The molecule has 2 amide bonds. The molecule has 0 radical (unpaired) electrons. The second-order valence-electron chi connectivity index (χ2n) is 7.27. The topological polar surface area (TPSA) is 82.2 Å². The summed E-state index contributed by atoms with van der Waals surface area (Å²) in [6, 6.07) is 3.17. The van der Waals surface area contributed by atoms with Crippen molar-refractivity contribution < 1.29 is 4.79 Å². The molecule has 2 aromatic rings. The summed E-state index contributed by atoms with van der Waals surface area (Å²) in [6.07, 6.45) is 5.13. The van der Waals surface area contributed by atoms with E-state index in [-0.39, 0.29) is 37.9 Å². The molecule has 1 heterocycles. The van der Waals surface area contributed by atoms with E-state index < -0.39 is 6.03 Å². The van der Waals surface area contributed by atoms with Gasteiger partial charge in [-0.3, -0.25) is 0 Å².